The van der Waals surface area contributed by atoms with E-state index in [0.717, 1.165) is 5.56 Å². The van der Waals surface area contributed by atoms with Crippen LogP contribution < -0.4 is 5.32 Å². The van der Waals surface area contributed by atoms with Crippen molar-refractivity contribution in [2.45, 2.75) is 31.6 Å². The fourth-order valence-electron chi connectivity index (χ4n) is 2.75. The maximum absolute atomic E-state index is 12.3. The lowest BCUT2D eigenvalue weighted by Crippen LogP contribution is -2.49. The second-order valence-electron chi connectivity index (χ2n) is 5.42. The van der Waals surface area contributed by atoms with Crippen molar-refractivity contribution in [3.63, 3.8) is 0 Å². The second kappa shape index (κ2) is 6.19. The largest absolute Gasteiger partial charge is 0.445 e. The number of aliphatic hydroxyl groups excluding tert-OH is 1. The summed E-state index contributed by atoms with van der Waals surface area (Å²) in [6, 6.07) is 8.72. The van der Waals surface area contributed by atoms with Crippen molar-refractivity contribution in [2.24, 2.45) is 0 Å². The van der Waals surface area contributed by atoms with E-state index in [4.69, 9.17) is 4.74 Å². The van der Waals surface area contributed by atoms with Gasteiger partial charge in [-0.15, -0.1) is 0 Å². The summed E-state index contributed by atoms with van der Waals surface area (Å²) in [6.07, 6.45) is 1.54. The Labute approximate surface area is 128 Å². The van der Waals surface area contributed by atoms with Crippen LogP contribution in [0.25, 0.3) is 0 Å². The first-order chi connectivity index (χ1) is 10.6. The number of aliphatic hydroxyl groups is 1. The Morgan fingerprint density at radius 1 is 1.36 bits per heavy atom. The van der Waals surface area contributed by atoms with E-state index in [1.54, 1.807) is 6.08 Å². The molecule has 0 spiro atoms. The van der Waals surface area contributed by atoms with Crippen LogP contribution in [0.4, 0.5) is 4.79 Å². The highest BCUT2D eigenvalue weighted by Gasteiger charge is 2.38. The van der Waals surface area contributed by atoms with E-state index in [1.807, 2.05) is 30.3 Å². The Hall–Kier alpha value is -2.34. The number of hydrogen-bond donors (Lipinski definition) is 2. The standard InChI is InChI=1S/C16H18N2O4/c19-14-8-9-18-13(14)7-6-12(15(18)20)17-16(21)22-10-11-4-2-1-3-5-11/h1-5,7,12,14,19H,6,8-10H2,(H,17,21)/t12-,14-/m0/s1. The number of benzene rings is 1. The highest BCUT2D eigenvalue weighted by atomic mass is 16.5. The summed E-state index contributed by atoms with van der Waals surface area (Å²) in [4.78, 5) is 25.6. The number of hydrogen-bond acceptors (Lipinski definition) is 4. The lowest BCUT2D eigenvalue weighted by atomic mass is 10.1. The van der Waals surface area contributed by atoms with Gasteiger partial charge in [-0.2, -0.15) is 0 Å². The zero-order valence-electron chi connectivity index (χ0n) is 12.1. The number of nitrogens with zero attached hydrogens (tertiary/aromatic N) is 1. The van der Waals surface area contributed by atoms with Crippen LogP contribution >= 0.6 is 0 Å². The summed E-state index contributed by atoms with van der Waals surface area (Å²) in [7, 11) is 0. The van der Waals surface area contributed by atoms with Gasteiger partial charge >= 0.3 is 6.09 Å². The maximum Gasteiger partial charge on any atom is 0.408 e. The van der Waals surface area contributed by atoms with Crippen LogP contribution in [0.1, 0.15) is 18.4 Å². The van der Waals surface area contributed by atoms with Gasteiger partial charge in [0.05, 0.1) is 6.10 Å². The lowest BCUT2D eigenvalue weighted by molar-refractivity contribution is -0.131. The van der Waals surface area contributed by atoms with Crippen molar-refractivity contribution in [3.8, 4) is 0 Å². The van der Waals surface area contributed by atoms with Crippen molar-refractivity contribution >= 4 is 12.0 Å². The van der Waals surface area contributed by atoms with Gasteiger partial charge in [0.1, 0.15) is 12.6 Å². The van der Waals surface area contributed by atoms with Crippen molar-refractivity contribution in [1.29, 1.82) is 0 Å². The summed E-state index contributed by atoms with van der Waals surface area (Å²) in [5, 5.41) is 12.3. The van der Waals surface area contributed by atoms with Crippen molar-refractivity contribution in [1.82, 2.24) is 10.2 Å². The first-order valence-electron chi connectivity index (χ1n) is 7.32. The van der Waals surface area contributed by atoms with Crippen molar-refractivity contribution < 1.29 is 19.4 Å². The summed E-state index contributed by atoms with van der Waals surface area (Å²) < 4.78 is 5.12. The fraction of sp³-hybridized carbons (Fsp3) is 0.375. The molecule has 116 valence electrons. The number of ether oxygens (including phenoxy) is 1. The van der Waals surface area contributed by atoms with E-state index in [2.05, 4.69) is 5.32 Å². The van der Waals surface area contributed by atoms with Crippen LogP contribution in [0.3, 0.4) is 0 Å². The van der Waals surface area contributed by atoms with E-state index in [9.17, 15) is 14.7 Å². The van der Waals surface area contributed by atoms with Gasteiger partial charge in [-0.1, -0.05) is 36.4 Å². The zero-order chi connectivity index (χ0) is 15.5. The average Bonchev–Trinajstić information content (AvgIpc) is 2.91. The van der Waals surface area contributed by atoms with E-state index < -0.39 is 18.2 Å². The molecule has 1 fully saturated rings. The zero-order valence-corrected chi connectivity index (χ0v) is 12.1. The van der Waals surface area contributed by atoms with Crippen molar-refractivity contribution in [2.75, 3.05) is 6.54 Å². The van der Waals surface area contributed by atoms with E-state index in [0.29, 0.717) is 25.1 Å². The van der Waals surface area contributed by atoms with Gasteiger partial charge in [0, 0.05) is 12.2 Å². The Bertz CT molecular complexity index is 599. The highest BCUT2D eigenvalue weighted by molar-refractivity contribution is 5.88. The van der Waals surface area contributed by atoms with Crippen LogP contribution in [0.2, 0.25) is 0 Å². The minimum Gasteiger partial charge on any atom is -0.445 e. The molecule has 6 heteroatoms. The average molecular weight is 302 g/mol. The van der Waals surface area contributed by atoms with Crippen molar-refractivity contribution in [3.05, 3.63) is 47.7 Å². The van der Waals surface area contributed by atoms with Crippen LogP contribution in [0, 0.1) is 0 Å². The summed E-state index contributed by atoms with van der Waals surface area (Å²) in [6.45, 7) is 0.653. The monoisotopic (exact) mass is 302 g/mol. The molecule has 2 aliphatic rings. The fourth-order valence-corrected chi connectivity index (χ4v) is 2.75. The van der Waals surface area contributed by atoms with Gasteiger partial charge in [-0.05, 0) is 18.4 Å². The Kier molecular flexibility index (Phi) is 4.11. The molecule has 1 aromatic carbocycles. The number of amides is 2. The van der Waals surface area contributed by atoms with Crippen LogP contribution in [0.15, 0.2) is 42.1 Å². The van der Waals surface area contributed by atoms with Gasteiger partial charge in [0.15, 0.2) is 0 Å². The maximum atomic E-state index is 12.3. The molecular formula is C16H18N2O4. The molecule has 0 unspecified atom stereocenters. The molecule has 1 saturated heterocycles. The molecule has 6 nitrogen and oxygen atoms in total. The van der Waals surface area contributed by atoms with Crippen LogP contribution in [-0.2, 0) is 16.1 Å². The minimum absolute atomic E-state index is 0.164. The molecule has 0 radical (unpaired) electrons. The number of alkyl carbamates (subject to hydrolysis) is 1. The van der Waals surface area contributed by atoms with Crippen LogP contribution in [-0.4, -0.2) is 40.7 Å². The molecule has 1 aromatic rings. The predicted molar refractivity (Wildman–Crippen MR) is 78.6 cm³/mol. The molecule has 0 aromatic heterocycles. The lowest BCUT2D eigenvalue weighted by Gasteiger charge is -2.29. The minimum atomic E-state index is -0.627. The third-order valence-corrected chi connectivity index (χ3v) is 3.91. The molecule has 0 saturated carbocycles. The molecule has 22 heavy (non-hydrogen) atoms. The SMILES string of the molecule is O=C(N[C@H]1CC=C2[C@@H](O)CCN2C1=O)OCc1ccccc1. The van der Waals surface area contributed by atoms with Gasteiger partial charge in [0.2, 0.25) is 5.91 Å². The smallest absolute Gasteiger partial charge is 0.408 e. The normalized spacial score (nSPS) is 23.8. The summed E-state index contributed by atoms with van der Waals surface area (Å²) >= 11 is 0. The van der Waals surface area contributed by atoms with Gasteiger partial charge in [0.25, 0.3) is 0 Å². The number of carbonyl (C=O) groups is 2. The predicted octanol–water partition coefficient (Wildman–Crippen LogP) is 1.16. The van der Waals surface area contributed by atoms with E-state index in [1.165, 1.54) is 4.90 Å². The molecule has 0 aliphatic carbocycles. The summed E-state index contributed by atoms with van der Waals surface area (Å²) in [5.74, 6) is -0.189. The van der Waals surface area contributed by atoms with Gasteiger partial charge in [-0.3, -0.25) is 4.79 Å². The topological polar surface area (TPSA) is 78.9 Å². The first kappa shape index (κ1) is 14.6. The summed E-state index contributed by atoms with van der Waals surface area (Å²) in [5.41, 5.74) is 1.54. The Morgan fingerprint density at radius 3 is 2.91 bits per heavy atom. The molecule has 3 rings (SSSR count). The van der Waals surface area contributed by atoms with E-state index >= 15 is 0 Å². The number of rotatable bonds is 3. The number of nitrogens with one attached hydrogen (secondary N) is 1. The first-order valence-corrected chi connectivity index (χ1v) is 7.32. The second-order valence-corrected chi connectivity index (χ2v) is 5.42. The molecule has 2 heterocycles. The quantitative estimate of drug-likeness (QED) is 0.878. The van der Waals surface area contributed by atoms with Crippen LogP contribution in [0.5, 0.6) is 0 Å². The number of carbonyl (C=O) groups excluding carboxylic acids is 2. The highest BCUT2D eigenvalue weighted by Crippen LogP contribution is 2.27. The molecule has 0 bridgehead atoms. The molecular weight excluding hydrogens is 284 g/mol. The van der Waals surface area contributed by atoms with E-state index in [-0.39, 0.29) is 12.5 Å². The third-order valence-electron chi connectivity index (χ3n) is 3.91. The molecule has 2 N–H and O–H groups in total. The number of fused-ring (bicyclic) bond motifs is 1. The Balaban J connectivity index is 1.54. The van der Waals surface area contributed by atoms with Gasteiger partial charge in [-0.25, -0.2) is 4.79 Å². The molecule has 2 atom stereocenters. The third kappa shape index (κ3) is 2.96. The Morgan fingerprint density at radius 2 is 2.14 bits per heavy atom. The molecule has 2 aliphatic heterocycles. The van der Waals surface area contributed by atoms with Gasteiger partial charge < -0.3 is 20.1 Å². The molecule has 2 amide bonds.